The standard InChI is InChI=1S/C22H25F2N3O3S/c1-22(2,29)12-9-10-17(23)18(11-12)31(25,30)27-21(28)26-20-15-7-3-5-13(15)19(24)14-6-4-8-16(14)20/h9-11,29H,3-8H2,1-2H3,(H3,25,26,27,28,30)/t31-/m1/s1. The first-order chi connectivity index (χ1) is 14.5. The number of hydrogen-bond donors (Lipinski definition) is 3. The van der Waals surface area contributed by atoms with E-state index in [9.17, 15) is 22.9 Å². The molecule has 0 unspecified atom stereocenters. The van der Waals surface area contributed by atoms with Gasteiger partial charge in [-0.05, 0) is 92.3 Å². The minimum atomic E-state index is -3.93. The van der Waals surface area contributed by atoms with Gasteiger partial charge in [0, 0.05) is 5.69 Å². The second-order valence-corrected chi connectivity index (χ2v) is 10.4. The molecule has 6 nitrogen and oxygen atoms in total. The molecule has 31 heavy (non-hydrogen) atoms. The maximum atomic E-state index is 14.8. The van der Waals surface area contributed by atoms with Crippen molar-refractivity contribution in [2.45, 2.75) is 62.9 Å². The highest BCUT2D eigenvalue weighted by molar-refractivity contribution is 7.91. The molecule has 0 aromatic heterocycles. The second kappa shape index (κ2) is 7.65. The van der Waals surface area contributed by atoms with Gasteiger partial charge < -0.3 is 10.4 Å². The van der Waals surface area contributed by atoms with Crippen LogP contribution >= 0.6 is 0 Å². The lowest BCUT2D eigenvalue weighted by atomic mass is 9.98. The maximum absolute atomic E-state index is 14.8. The van der Waals surface area contributed by atoms with Crippen LogP contribution in [0, 0.1) is 11.6 Å². The molecule has 0 heterocycles. The number of hydrogen-bond acceptors (Lipinski definition) is 3. The van der Waals surface area contributed by atoms with Crippen molar-refractivity contribution in [1.82, 2.24) is 0 Å². The zero-order valence-corrected chi connectivity index (χ0v) is 18.2. The third kappa shape index (κ3) is 3.97. The Bertz CT molecular complexity index is 1180. The molecule has 0 aliphatic heterocycles. The molecule has 2 aliphatic carbocycles. The first kappa shape index (κ1) is 21.9. The van der Waals surface area contributed by atoms with Gasteiger partial charge in [0.1, 0.15) is 21.5 Å². The van der Waals surface area contributed by atoms with E-state index < -0.39 is 32.3 Å². The Morgan fingerprint density at radius 2 is 1.65 bits per heavy atom. The average Bonchev–Trinajstić information content (AvgIpc) is 3.34. The molecule has 2 aromatic rings. The molecule has 2 aromatic carbocycles. The summed E-state index contributed by atoms with van der Waals surface area (Å²) in [4.78, 5) is 12.2. The number of rotatable bonds is 3. The van der Waals surface area contributed by atoms with E-state index >= 15 is 0 Å². The topological polar surface area (TPSA) is 105 Å². The summed E-state index contributed by atoms with van der Waals surface area (Å²) in [6.07, 6.45) is 4.06. The average molecular weight is 450 g/mol. The zero-order chi connectivity index (χ0) is 22.6. The van der Waals surface area contributed by atoms with E-state index in [4.69, 9.17) is 5.14 Å². The summed E-state index contributed by atoms with van der Waals surface area (Å²) in [5, 5.41) is 18.6. The van der Waals surface area contributed by atoms with E-state index in [1.165, 1.54) is 19.9 Å². The number of nitrogens with one attached hydrogen (secondary N) is 1. The van der Waals surface area contributed by atoms with Crippen LogP contribution in [0.4, 0.5) is 19.3 Å². The van der Waals surface area contributed by atoms with Gasteiger partial charge in [-0.1, -0.05) is 6.07 Å². The lowest BCUT2D eigenvalue weighted by Gasteiger charge is -2.19. The number of halogens is 2. The fraction of sp³-hybridized carbons (Fsp3) is 0.409. The highest BCUT2D eigenvalue weighted by atomic mass is 32.2. The van der Waals surface area contributed by atoms with Gasteiger partial charge >= 0.3 is 6.03 Å². The smallest absolute Gasteiger partial charge is 0.354 e. The predicted octanol–water partition coefficient (Wildman–Crippen LogP) is 4.10. The normalized spacial score (nSPS) is 17.1. The first-order valence-electron chi connectivity index (χ1n) is 10.2. The van der Waals surface area contributed by atoms with Gasteiger partial charge in [-0.3, -0.25) is 0 Å². The van der Waals surface area contributed by atoms with Crippen molar-refractivity contribution < 1.29 is 22.9 Å². The summed E-state index contributed by atoms with van der Waals surface area (Å²) in [5.74, 6) is -1.07. The monoisotopic (exact) mass is 449 g/mol. The lowest BCUT2D eigenvalue weighted by molar-refractivity contribution is 0.0782. The summed E-state index contributed by atoms with van der Waals surface area (Å²) in [5.41, 5.74) is 2.22. The van der Waals surface area contributed by atoms with Gasteiger partial charge in [0.25, 0.3) is 0 Å². The molecule has 0 saturated heterocycles. The van der Waals surface area contributed by atoms with Crippen molar-refractivity contribution >= 4 is 21.6 Å². The van der Waals surface area contributed by atoms with Crippen molar-refractivity contribution in [3.8, 4) is 0 Å². The van der Waals surface area contributed by atoms with Crippen LogP contribution in [-0.2, 0) is 41.2 Å². The maximum Gasteiger partial charge on any atom is 0.354 e. The minimum absolute atomic E-state index is 0.178. The molecule has 2 amide bonds. The van der Waals surface area contributed by atoms with Crippen molar-refractivity contribution in [3.63, 3.8) is 0 Å². The summed E-state index contributed by atoms with van der Waals surface area (Å²) >= 11 is 0. The van der Waals surface area contributed by atoms with Gasteiger partial charge in [0.05, 0.1) is 10.5 Å². The Kier molecular flexibility index (Phi) is 5.39. The molecule has 4 rings (SSSR count). The molecule has 0 fully saturated rings. The molecule has 166 valence electrons. The molecule has 0 saturated carbocycles. The van der Waals surface area contributed by atoms with Gasteiger partial charge in [-0.25, -0.2) is 22.9 Å². The Hall–Kier alpha value is -2.36. The number of carbonyl (C=O) groups is 1. The van der Waals surface area contributed by atoms with E-state index in [1.54, 1.807) is 0 Å². The molecule has 9 heteroatoms. The summed E-state index contributed by atoms with van der Waals surface area (Å²) < 4.78 is 45.7. The van der Waals surface area contributed by atoms with Crippen LogP contribution in [0.3, 0.4) is 0 Å². The number of nitrogens with two attached hydrogens (primary N) is 1. The van der Waals surface area contributed by atoms with E-state index in [-0.39, 0.29) is 11.4 Å². The first-order valence-corrected chi connectivity index (χ1v) is 11.8. The van der Waals surface area contributed by atoms with Crippen molar-refractivity contribution in [1.29, 1.82) is 0 Å². The van der Waals surface area contributed by atoms with Crippen LogP contribution < -0.4 is 10.5 Å². The highest BCUT2D eigenvalue weighted by Crippen LogP contribution is 2.41. The number of aliphatic hydroxyl groups is 1. The summed E-state index contributed by atoms with van der Waals surface area (Å²) in [6, 6.07) is 2.55. The van der Waals surface area contributed by atoms with Crippen LogP contribution in [-0.4, -0.2) is 15.3 Å². The van der Waals surface area contributed by atoms with Gasteiger partial charge in [-0.2, -0.15) is 0 Å². The Labute approximate surface area is 180 Å². The number of amides is 2. The number of fused-ring (bicyclic) bond motifs is 2. The lowest BCUT2D eigenvalue weighted by Crippen LogP contribution is -2.22. The van der Waals surface area contributed by atoms with E-state index in [1.807, 2.05) is 0 Å². The third-order valence-corrected chi connectivity index (χ3v) is 7.35. The SMILES string of the molecule is CC(C)(O)c1ccc(F)c([S@](N)(=O)=NC(=O)Nc2c3c(c(F)c4c2CCC4)CCC3)c1. The second-order valence-electron chi connectivity index (χ2n) is 8.60. The number of urea groups is 1. The Morgan fingerprint density at radius 1 is 1.10 bits per heavy atom. The van der Waals surface area contributed by atoms with Crippen molar-refractivity contribution in [3.05, 3.63) is 57.7 Å². The van der Waals surface area contributed by atoms with Gasteiger partial charge in [-0.15, -0.1) is 4.36 Å². The third-order valence-electron chi connectivity index (χ3n) is 5.97. The van der Waals surface area contributed by atoms with Gasteiger partial charge in [0.2, 0.25) is 0 Å². The van der Waals surface area contributed by atoms with E-state index in [0.29, 0.717) is 42.5 Å². The minimum Gasteiger partial charge on any atom is -0.386 e. The summed E-state index contributed by atoms with van der Waals surface area (Å²) in [7, 11) is -3.93. The molecular formula is C22H25F2N3O3S. The van der Waals surface area contributed by atoms with Crippen LogP contribution in [0.1, 0.15) is 54.5 Å². The van der Waals surface area contributed by atoms with Crippen LogP contribution in [0.5, 0.6) is 0 Å². The number of carbonyl (C=O) groups excluding carboxylic acids is 1. The molecule has 0 radical (unpaired) electrons. The Morgan fingerprint density at radius 3 is 2.19 bits per heavy atom. The van der Waals surface area contributed by atoms with Crippen LogP contribution in [0.2, 0.25) is 0 Å². The van der Waals surface area contributed by atoms with Crippen LogP contribution in [0.25, 0.3) is 0 Å². The number of anilines is 1. The molecular weight excluding hydrogens is 424 g/mol. The van der Waals surface area contributed by atoms with Crippen molar-refractivity contribution in [2.75, 3.05) is 5.32 Å². The predicted molar refractivity (Wildman–Crippen MR) is 114 cm³/mol. The van der Waals surface area contributed by atoms with Crippen molar-refractivity contribution in [2.24, 2.45) is 9.50 Å². The number of benzene rings is 2. The molecule has 2 aliphatic rings. The van der Waals surface area contributed by atoms with E-state index in [0.717, 1.165) is 36.1 Å². The fourth-order valence-corrected chi connectivity index (χ4v) is 5.48. The molecule has 0 bridgehead atoms. The van der Waals surface area contributed by atoms with Gasteiger partial charge in [0.15, 0.2) is 0 Å². The zero-order valence-electron chi connectivity index (χ0n) is 17.4. The molecule has 0 spiro atoms. The Balaban J connectivity index is 1.72. The number of nitrogens with zero attached hydrogens (tertiary/aromatic N) is 1. The molecule has 1 atom stereocenters. The summed E-state index contributed by atoms with van der Waals surface area (Å²) in [6.45, 7) is 2.98. The highest BCUT2D eigenvalue weighted by Gasteiger charge is 2.30. The van der Waals surface area contributed by atoms with E-state index in [2.05, 4.69) is 9.68 Å². The quantitative estimate of drug-likeness (QED) is 0.657. The largest absolute Gasteiger partial charge is 0.386 e. The van der Waals surface area contributed by atoms with Crippen LogP contribution in [0.15, 0.2) is 27.5 Å². The molecule has 4 N–H and O–H groups in total. The fourth-order valence-electron chi connectivity index (χ4n) is 4.45.